The Hall–Kier alpha value is -3.14. The summed E-state index contributed by atoms with van der Waals surface area (Å²) in [6.07, 6.45) is 6.03. The molecule has 1 amide bonds. The molecule has 7 heteroatoms. The van der Waals surface area contributed by atoms with E-state index in [1.165, 1.54) is 0 Å². The molecule has 0 aliphatic heterocycles. The third-order valence-electron chi connectivity index (χ3n) is 5.38. The van der Waals surface area contributed by atoms with Gasteiger partial charge in [0.2, 0.25) is 5.95 Å². The molecule has 3 rings (SSSR count). The number of nitrogens with zero attached hydrogens (tertiary/aromatic N) is 4. The van der Waals surface area contributed by atoms with Crippen LogP contribution >= 0.6 is 0 Å². The summed E-state index contributed by atoms with van der Waals surface area (Å²) < 4.78 is 0. The van der Waals surface area contributed by atoms with Crippen LogP contribution in [0.4, 0.5) is 11.8 Å². The van der Waals surface area contributed by atoms with Crippen molar-refractivity contribution >= 4 is 17.7 Å². The fraction of sp³-hybridized carbons (Fsp3) is 0.455. The summed E-state index contributed by atoms with van der Waals surface area (Å²) in [5.41, 5.74) is 2.21. The van der Waals surface area contributed by atoms with Crippen molar-refractivity contribution in [1.29, 1.82) is 5.26 Å². The van der Waals surface area contributed by atoms with E-state index in [-0.39, 0.29) is 5.91 Å². The van der Waals surface area contributed by atoms with E-state index in [4.69, 9.17) is 5.26 Å². The summed E-state index contributed by atoms with van der Waals surface area (Å²) in [6, 6.07) is 9.14. The Morgan fingerprint density at radius 1 is 1.21 bits per heavy atom. The number of amides is 1. The molecule has 1 aliphatic rings. The monoisotopic (exact) mass is 392 g/mol. The largest absolute Gasteiger partial charge is 0.362 e. The molecule has 0 bridgehead atoms. The second-order valence-corrected chi connectivity index (χ2v) is 7.86. The average Bonchev–Trinajstić information content (AvgIpc) is 2.74. The molecule has 1 heterocycles. The highest BCUT2D eigenvalue weighted by Gasteiger charge is 2.22. The molecule has 1 aromatic carbocycles. The fourth-order valence-corrected chi connectivity index (χ4v) is 3.68. The van der Waals surface area contributed by atoms with Crippen molar-refractivity contribution in [2.45, 2.75) is 38.6 Å². The number of rotatable bonds is 6. The lowest BCUT2D eigenvalue weighted by Crippen LogP contribution is -2.34. The Morgan fingerprint density at radius 2 is 1.90 bits per heavy atom. The highest BCUT2D eigenvalue weighted by molar-refractivity contribution is 5.94. The van der Waals surface area contributed by atoms with E-state index in [1.807, 2.05) is 32.1 Å². The van der Waals surface area contributed by atoms with Crippen LogP contribution in [0.1, 0.15) is 47.2 Å². The number of aryl methyl sites for hydroxylation is 1. The van der Waals surface area contributed by atoms with E-state index >= 15 is 0 Å². The number of hydrogen-bond acceptors (Lipinski definition) is 6. The highest BCUT2D eigenvalue weighted by atomic mass is 16.1. The molecule has 2 aromatic rings. The van der Waals surface area contributed by atoms with Gasteiger partial charge in [-0.3, -0.25) is 4.79 Å². The van der Waals surface area contributed by atoms with E-state index < -0.39 is 0 Å². The van der Waals surface area contributed by atoms with Crippen LogP contribution in [0.3, 0.4) is 0 Å². The van der Waals surface area contributed by atoms with Crippen LogP contribution < -0.4 is 15.5 Å². The molecule has 29 heavy (non-hydrogen) atoms. The van der Waals surface area contributed by atoms with Gasteiger partial charge in [-0.25, -0.2) is 4.98 Å². The highest BCUT2D eigenvalue weighted by Crippen LogP contribution is 2.26. The number of nitriles is 1. The fourth-order valence-electron chi connectivity index (χ4n) is 3.68. The molecule has 1 aliphatic carbocycles. The minimum absolute atomic E-state index is 0.0843. The van der Waals surface area contributed by atoms with Crippen LogP contribution in [0.25, 0.3) is 0 Å². The number of nitrogens with one attached hydrogen (secondary N) is 2. The van der Waals surface area contributed by atoms with Gasteiger partial charge in [-0.2, -0.15) is 10.2 Å². The summed E-state index contributed by atoms with van der Waals surface area (Å²) in [5.74, 6) is 2.00. The summed E-state index contributed by atoms with van der Waals surface area (Å²) >= 11 is 0. The molecule has 1 saturated carbocycles. The Kier molecular flexibility index (Phi) is 6.65. The SMILES string of the molecule is Cc1cnc(N[C@H]2CC[C@@H](CNC(=O)c3ccc(C#N)cc3)CC2)nc1N(C)C. The topological polar surface area (TPSA) is 93.9 Å². The zero-order valence-electron chi connectivity index (χ0n) is 17.3. The average molecular weight is 393 g/mol. The van der Waals surface area contributed by atoms with Crippen molar-refractivity contribution < 1.29 is 4.79 Å². The van der Waals surface area contributed by atoms with Crippen molar-refractivity contribution in [3.8, 4) is 6.07 Å². The van der Waals surface area contributed by atoms with Gasteiger partial charge in [-0.05, 0) is 62.8 Å². The summed E-state index contributed by atoms with van der Waals surface area (Å²) in [4.78, 5) is 23.3. The van der Waals surface area contributed by atoms with Gasteiger partial charge in [-0.1, -0.05) is 0 Å². The van der Waals surface area contributed by atoms with Crippen molar-refractivity contribution in [2.24, 2.45) is 5.92 Å². The molecular formula is C22H28N6O. The van der Waals surface area contributed by atoms with Crippen molar-refractivity contribution in [2.75, 3.05) is 30.9 Å². The lowest BCUT2D eigenvalue weighted by atomic mass is 9.86. The summed E-state index contributed by atoms with van der Waals surface area (Å²) in [7, 11) is 3.97. The second kappa shape index (κ2) is 9.37. The van der Waals surface area contributed by atoms with Gasteiger partial charge in [0.1, 0.15) is 5.82 Å². The van der Waals surface area contributed by atoms with Crippen LogP contribution in [0, 0.1) is 24.2 Å². The minimum Gasteiger partial charge on any atom is -0.362 e. The molecule has 0 atom stereocenters. The predicted molar refractivity (Wildman–Crippen MR) is 114 cm³/mol. The molecular weight excluding hydrogens is 364 g/mol. The van der Waals surface area contributed by atoms with Crippen molar-refractivity contribution in [1.82, 2.24) is 15.3 Å². The first kappa shape index (κ1) is 20.6. The Bertz CT molecular complexity index is 879. The van der Waals surface area contributed by atoms with Gasteiger partial charge in [0.05, 0.1) is 11.6 Å². The number of carbonyl (C=O) groups excluding carboxylic acids is 1. The first-order chi connectivity index (χ1) is 14.0. The van der Waals surface area contributed by atoms with E-state index in [9.17, 15) is 4.79 Å². The maximum absolute atomic E-state index is 12.3. The van der Waals surface area contributed by atoms with Gasteiger partial charge in [0, 0.05) is 44.0 Å². The van der Waals surface area contributed by atoms with Gasteiger partial charge in [0.15, 0.2) is 0 Å². The van der Waals surface area contributed by atoms with E-state index in [0.717, 1.165) is 37.1 Å². The number of anilines is 2. The molecule has 2 N–H and O–H groups in total. The second-order valence-electron chi connectivity index (χ2n) is 7.86. The summed E-state index contributed by atoms with van der Waals surface area (Å²) in [5, 5.41) is 15.3. The van der Waals surface area contributed by atoms with Gasteiger partial charge < -0.3 is 15.5 Å². The van der Waals surface area contributed by atoms with E-state index in [0.29, 0.717) is 35.6 Å². The molecule has 0 saturated heterocycles. The zero-order chi connectivity index (χ0) is 20.8. The van der Waals surface area contributed by atoms with Crippen LogP contribution in [-0.2, 0) is 0 Å². The molecule has 7 nitrogen and oxygen atoms in total. The first-order valence-electron chi connectivity index (χ1n) is 10.0. The quantitative estimate of drug-likeness (QED) is 0.784. The molecule has 1 fully saturated rings. The van der Waals surface area contributed by atoms with E-state index in [1.54, 1.807) is 24.3 Å². The third-order valence-corrected chi connectivity index (χ3v) is 5.38. The molecule has 0 radical (unpaired) electrons. The van der Waals surface area contributed by atoms with E-state index in [2.05, 4.69) is 26.7 Å². The van der Waals surface area contributed by atoms with Crippen molar-refractivity contribution in [3.63, 3.8) is 0 Å². The molecule has 152 valence electrons. The first-order valence-corrected chi connectivity index (χ1v) is 10.0. The maximum atomic E-state index is 12.3. The van der Waals surface area contributed by atoms with Crippen LogP contribution in [0.2, 0.25) is 0 Å². The Balaban J connectivity index is 1.45. The standard InChI is InChI=1S/C22H28N6O/c1-15-13-25-22(27-20(15)28(2)3)26-19-10-6-17(7-11-19)14-24-21(29)18-8-4-16(12-23)5-9-18/h4-5,8-9,13,17,19H,6-7,10-11,14H2,1-3H3,(H,24,29)(H,25,26,27)/t17-,19+. The van der Waals surface area contributed by atoms with Crippen LogP contribution in [-0.4, -0.2) is 42.6 Å². The molecule has 0 spiro atoms. The van der Waals surface area contributed by atoms with Gasteiger partial charge >= 0.3 is 0 Å². The minimum atomic E-state index is -0.0843. The smallest absolute Gasteiger partial charge is 0.251 e. The van der Waals surface area contributed by atoms with Gasteiger partial charge in [-0.15, -0.1) is 0 Å². The van der Waals surface area contributed by atoms with Crippen LogP contribution in [0.15, 0.2) is 30.5 Å². The Labute approximate surface area is 172 Å². The third kappa shape index (κ3) is 5.44. The number of aromatic nitrogens is 2. The molecule has 1 aromatic heterocycles. The zero-order valence-corrected chi connectivity index (χ0v) is 17.3. The number of hydrogen-bond donors (Lipinski definition) is 2. The number of benzene rings is 1. The maximum Gasteiger partial charge on any atom is 0.251 e. The molecule has 0 unspecified atom stereocenters. The number of carbonyl (C=O) groups is 1. The van der Waals surface area contributed by atoms with Crippen LogP contribution in [0.5, 0.6) is 0 Å². The van der Waals surface area contributed by atoms with Gasteiger partial charge in [0.25, 0.3) is 5.91 Å². The lowest BCUT2D eigenvalue weighted by Gasteiger charge is -2.29. The lowest BCUT2D eigenvalue weighted by molar-refractivity contribution is 0.0943. The van der Waals surface area contributed by atoms with Crippen molar-refractivity contribution in [3.05, 3.63) is 47.2 Å². The Morgan fingerprint density at radius 3 is 2.52 bits per heavy atom. The predicted octanol–water partition coefficient (Wildman–Crippen LogP) is 3.12. The normalized spacial score (nSPS) is 18.6. The summed E-state index contributed by atoms with van der Waals surface area (Å²) in [6.45, 7) is 2.69.